The summed E-state index contributed by atoms with van der Waals surface area (Å²) in [6.07, 6.45) is 3.87. The number of rotatable bonds is 6. The average molecular weight is 348 g/mol. The Bertz CT molecular complexity index is 803. The molecular weight excluding hydrogens is 330 g/mol. The number of para-hydroxylation sites is 1. The molecule has 0 aliphatic heterocycles. The molecule has 3 aromatic rings. The number of halogens is 1. The van der Waals surface area contributed by atoms with Crippen molar-refractivity contribution in [1.29, 1.82) is 0 Å². The highest BCUT2D eigenvalue weighted by molar-refractivity contribution is 7.22. The molecule has 1 N–H and O–H groups in total. The van der Waals surface area contributed by atoms with Gasteiger partial charge < -0.3 is 0 Å². The maximum absolute atomic E-state index is 6.38. The first-order chi connectivity index (χ1) is 11.2. The fraction of sp³-hybridized carbons (Fsp3) is 0.312. The Morgan fingerprint density at radius 3 is 3.00 bits per heavy atom. The van der Waals surface area contributed by atoms with Gasteiger partial charge >= 0.3 is 0 Å². The van der Waals surface area contributed by atoms with Gasteiger partial charge in [0.05, 0.1) is 27.7 Å². The SMILES string of the molecule is CCCCn1nc(C)c(/C=N/Nc2nc3ccccc3s2)c1Cl. The Kier molecular flexibility index (Phi) is 4.93. The summed E-state index contributed by atoms with van der Waals surface area (Å²) in [6, 6.07) is 8.00. The van der Waals surface area contributed by atoms with E-state index in [1.54, 1.807) is 17.6 Å². The lowest BCUT2D eigenvalue weighted by molar-refractivity contribution is 0.569. The van der Waals surface area contributed by atoms with Crippen molar-refractivity contribution in [1.82, 2.24) is 14.8 Å². The smallest absolute Gasteiger partial charge is 0.204 e. The second-order valence-corrected chi connectivity index (χ2v) is 6.61. The van der Waals surface area contributed by atoms with Crippen LogP contribution in [0.25, 0.3) is 10.2 Å². The van der Waals surface area contributed by atoms with E-state index in [9.17, 15) is 0 Å². The Labute approximate surface area is 144 Å². The van der Waals surface area contributed by atoms with Gasteiger partial charge in [-0.2, -0.15) is 10.2 Å². The van der Waals surface area contributed by atoms with Gasteiger partial charge in [-0.3, -0.25) is 10.1 Å². The Hall–Kier alpha value is -1.92. The van der Waals surface area contributed by atoms with Gasteiger partial charge in [0.2, 0.25) is 5.13 Å². The van der Waals surface area contributed by atoms with E-state index in [0.717, 1.165) is 46.0 Å². The minimum Gasteiger partial charge on any atom is -0.253 e. The molecule has 2 aromatic heterocycles. The summed E-state index contributed by atoms with van der Waals surface area (Å²) in [5.41, 5.74) is 5.66. The summed E-state index contributed by atoms with van der Waals surface area (Å²) in [6.45, 7) is 4.91. The topological polar surface area (TPSA) is 55.1 Å². The first-order valence-corrected chi connectivity index (χ1v) is 8.76. The van der Waals surface area contributed by atoms with E-state index in [0.29, 0.717) is 5.15 Å². The number of anilines is 1. The van der Waals surface area contributed by atoms with E-state index in [1.807, 2.05) is 35.9 Å². The summed E-state index contributed by atoms with van der Waals surface area (Å²) >= 11 is 7.95. The largest absolute Gasteiger partial charge is 0.253 e. The van der Waals surface area contributed by atoms with E-state index in [4.69, 9.17) is 11.6 Å². The van der Waals surface area contributed by atoms with Gasteiger partial charge in [-0.1, -0.05) is 48.4 Å². The number of hydrogen-bond donors (Lipinski definition) is 1. The lowest BCUT2D eigenvalue weighted by Gasteiger charge is -2.00. The van der Waals surface area contributed by atoms with Crippen LogP contribution in [0.3, 0.4) is 0 Å². The van der Waals surface area contributed by atoms with Crippen molar-refractivity contribution < 1.29 is 0 Å². The number of aryl methyl sites for hydroxylation is 2. The number of nitrogens with zero attached hydrogens (tertiary/aromatic N) is 4. The summed E-state index contributed by atoms with van der Waals surface area (Å²) in [5, 5.41) is 10.1. The number of nitrogens with one attached hydrogen (secondary N) is 1. The van der Waals surface area contributed by atoms with E-state index < -0.39 is 0 Å². The Balaban J connectivity index is 1.73. The monoisotopic (exact) mass is 347 g/mol. The Morgan fingerprint density at radius 2 is 2.22 bits per heavy atom. The second-order valence-electron chi connectivity index (χ2n) is 5.22. The molecule has 0 aliphatic carbocycles. The fourth-order valence-corrected chi connectivity index (χ4v) is 3.37. The quantitative estimate of drug-likeness (QED) is 0.519. The average Bonchev–Trinajstić information content (AvgIpc) is 3.08. The lowest BCUT2D eigenvalue weighted by Crippen LogP contribution is -2.00. The molecule has 5 nitrogen and oxygen atoms in total. The molecule has 0 saturated heterocycles. The highest BCUT2D eigenvalue weighted by atomic mass is 35.5. The van der Waals surface area contributed by atoms with Crippen LogP contribution < -0.4 is 5.43 Å². The molecule has 0 bridgehead atoms. The van der Waals surface area contributed by atoms with E-state index in [1.165, 1.54) is 0 Å². The van der Waals surface area contributed by atoms with Gasteiger partial charge in [-0.05, 0) is 25.5 Å². The third-order valence-corrected chi connectivity index (χ3v) is 4.82. The van der Waals surface area contributed by atoms with E-state index >= 15 is 0 Å². The number of hydrazone groups is 1. The molecular formula is C16H18ClN5S. The maximum atomic E-state index is 6.38. The van der Waals surface area contributed by atoms with Gasteiger partial charge in [0.1, 0.15) is 5.15 Å². The molecule has 0 amide bonds. The minimum atomic E-state index is 0.630. The predicted octanol–water partition coefficient (Wildman–Crippen LogP) is 4.70. The zero-order valence-electron chi connectivity index (χ0n) is 13.1. The fourth-order valence-electron chi connectivity index (χ4n) is 2.24. The minimum absolute atomic E-state index is 0.630. The normalized spacial score (nSPS) is 11.6. The van der Waals surface area contributed by atoms with Crippen molar-refractivity contribution in [3.8, 4) is 0 Å². The van der Waals surface area contributed by atoms with Crippen LogP contribution in [0.15, 0.2) is 29.4 Å². The molecule has 7 heteroatoms. The zero-order valence-corrected chi connectivity index (χ0v) is 14.7. The Morgan fingerprint density at radius 1 is 1.39 bits per heavy atom. The van der Waals surface area contributed by atoms with Gasteiger partial charge in [-0.15, -0.1) is 0 Å². The van der Waals surface area contributed by atoms with Gasteiger partial charge in [-0.25, -0.2) is 4.98 Å². The van der Waals surface area contributed by atoms with Gasteiger partial charge in [0.25, 0.3) is 0 Å². The molecule has 0 saturated carbocycles. The third-order valence-electron chi connectivity index (χ3n) is 3.48. The molecule has 3 rings (SSSR count). The van der Waals surface area contributed by atoms with Crippen LogP contribution in [0.5, 0.6) is 0 Å². The van der Waals surface area contributed by atoms with Crippen LogP contribution >= 0.6 is 22.9 Å². The van der Waals surface area contributed by atoms with E-state index in [2.05, 4.69) is 27.5 Å². The van der Waals surface area contributed by atoms with Crippen LogP contribution in [0.4, 0.5) is 5.13 Å². The van der Waals surface area contributed by atoms with E-state index in [-0.39, 0.29) is 0 Å². The van der Waals surface area contributed by atoms with Crippen LogP contribution in [0.2, 0.25) is 5.15 Å². The molecule has 120 valence electrons. The molecule has 23 heavy (non-hydrogen) atoms. The van der Waals surface area contributed by atoms with Crippen molar-refractivity contribution in [2.45, 2.75) is 33.2 Å². The molecule has 0 radical (unpaired) electrons. The number of unbranched alkanes of at least 4 members (excludes halogenated alkanes) is 1. The zero-order chi connectivity index (χ0) is 16.2. The predicted molar refractivity (Wildman–Crippen MR) is 97.7 cm³/mol. The standard InChI is InChI=1S/C16H18ClN5S/c1-3-4-9-22-15(17)12(11(2)21-22)10-18-20-16-19-13-7-5-6-8-14(13)23-16/h5-8,10H,3-4,9H2,1-2H3,(H,19,20)/b18-10+. The van der Waals surface area contributed by atoms with Crippen molar-refractivity contribution in [2.24, 2.45) is 5.10 Å². The van der Waals surface area contributed by atoms with Gasteiger partial charge in [0, 0.05) is 6.54 Å². The van der Waals surface area contributed by atoms with Crippen molar-refractivity contribution in [2.75, 3.05) is 5.43 Å². The van der Waals surface area contributed by atoms with Crippen molar-refractivity contribution in [3.63, 3.8) is 0 Å². The molecule has 0 spiro atoms. The molecule has 0 fully saturated rings. The summed E-state index contributed by atoms with van der Waals surface area (Å²) < 4.78 is 2.96. The number of benzene rings is 1. The molecule has 0 aliphatic rings. The first-order valence-electron chi connectivity index (χ1n) is 7.56. The number of fused-ring (bicyclic) bond motifs is 1. The molecule has 0 atom stereocenters. The highest BCUT2D eigenvalue weighted by Crippen LogP contribution is 2.25. The first kappa shape index (κ1) is 16.0. The molecule has 1 aromatic carbocycles. The molecule has 0 unspecified atom stereocenters. The van der Waals surface area contributed by atoms with Crippen LogP contribution in [0, 0.1) is 6.92 Å². The summed E-state index contributed by atoms with van der Waals surface area (Å²) in [5.74, 6) is 0. The van der Waals surface area contributed by atoms with Crippen molar-refractivity contribution in [3.05, 3.63) is 40.7 Å². The van der Waals surface area contributed by atoms with Crippen LogP contribution in [-0.4, -0.2) is 21.0 Å². The van der Waals surface area contributed by atoms with Crippen molar-refractivity contribution >= 4 is 44.5 Å². The third kappa shape index (κ3) is 3.54. The number of thiazole rings is 1. The molecule has 2 heterocycles. The lowest BCUT2D eigenvalue weighted by atomic mass is 10.3. The highest BCUT2D eigenvalue weighted by Gasteiger charge is 2.11. The summed E-state index contributed by atoms with van der Waals surface area (Å²) in [4.78, 5) is 4.47. The number of aromatic nitrogens is 3. The van der Waals surface area contributed by atoms with Gasteiger partial charge in [0.15, 0.2) is 0 Å². The summed E-state index contributed by atoms with van der Waals surface area (Å²) in [7, 11) is 0. The maximum Gasteiger partial charge on any atom is 0.204 e. The number of hydrogen-bond acceptors (Lipinski definition) is 5. The second kappa shape index (κ2) is 7.10. The van der Waals surface area contributed by atoms with Crippen LogP contribution in [-0.2, 0) is 6.54 Å². The van der Waals surface area contributed by atoms with Crippen LogP contribution in [0.1, 0.15) is 31.0 Å².